The maximum atomic E-state index is 16.5. The molecule has 1 aromatic heterocycles. The first kappa shape index (κ1) is 52.7. The second-order valence-electron chi connectivity index (χ2n) is 23.2. The largest absolute Gasteiger partial charge is 0.487 e. The normalized spacial score (nSPS) is 31.1. The fraction of sp³-hybridized carbons (Fsp3) is 0.649. The van der Waals surface area contributed by atoms with Crippen LogP contribution in [0.2, 0.25) is 0 Å². The number of hydrogen-bond donors (Lipinski definition) is 0. The highest BCUT2D eigenvalue weighted by Gasteiger charge is 2.74. The lowest BCUT2D eigenvalue weighted by Gasteiger charge is -2.41. The van der Waals surface area contributed by atoms with Gasteiger partial charge in [0, 0.05) is 35.5 Å². The molecule has 15 heteroatoms. The van der Waals surface area contributed by atoms with Gasteiger partial charge in [-0.1, -0.05) is 90.5 Å². The lowest BCUT2D eigenvalue weighted by atomic mass is 9.67. The molecule has 0 N–H and O–H groups in total. The molecule has 72 heavy (non-hydrogen) atoms. The Morgan fingerprint density at radius 2 is 1.21 bits per heavy atom. The third kappa shape index (κ3) is 9.82. The van der Waals surface area contributed by atoms with Crippen molar-refractivity contribution in [3.8, 4) is 5.75 Å². The Morgan fingerprint density at radius 1 is 0.653 bits per heavy atom. The first-order chi connectivity index (χ1) is 33.7. The SMILES string of the molecule is CCC(C)(CC)Oc1ccc(C(C2=CC(C3OC3C)(C3OC3C)C=C(OC3=CC=C(c4nnc(C5=CC=C(C(C)(C)CC)CC(C)(C)C5)o4)CC3)CC2)(C(F)(F)F)C(F)(F)F)cc1C(C1OC1C)C1OC1C. The molecule has 5 heterocycles. The summed E-state index contributed by atoms with van der Waals surface area (Å²) in [6.45, 7) is 24.1. The molecule has 4 saturated heterocycles. The molecule has 1 aromatic carbocycles. The number of nitrogens with zero attached hydrogens (tertiary/aromatic N) is 2. The van der Waals surface area contributed by atoms with Gasteiger partial charge in [-0.25, -0.2) is 0 Å². The van der Waals surface area contributed by atoms with Gasteiger partial charge in [-0.05, 0) is 120 Å². The zero-order chi connectivity index (χ0) is 52.1. The number of halogens is 6. The number of aromatic nitrogens is 2. The van der Waals surface area contributed by atoms with Gasteiger partial charge in [-0.3, -0.25) is 0 Å². The lowest BCUT2D eigenvalue weighted by Crippen LogP contribution is -2.56. The summed E-state index contributed by atoms with van der Waals surface area (Å²) in [6, 6.07) is 3.30. The first-order valence-corrected chi connectivity index (χ1v) is 26.0. The number of hydrogen-bond acceptors (Lipinski definition) is 9. The third-order valence-corrected chi connectivity index (χ3v) is 17.0. The van der Waals surface area contributed by atoms with Crippen LogP contribution in [0.15, 0.2) is 81.7 Å². The molecule has 3 aliphatic carbocycles. The molecule has 0 bridgehead atoms. The van der Waals surface area contributed by atoms with Gasteiger partial charge in [-0.15, -0.1) is 10.2 Å². The summed E-state index contributed by atoms with van der Waals surface area (Å²) in [6.07, 6.45) is -1.31. The van der Waals surface area contributed by atoms with Crippen LogP contribution in [-0.4, -0.2) is 77.0 Å². The monoisotopic (exact) mass is 1010 g/mol. The summed E-state index contributed by atoms with van der Waals surface area (Å²) in [5, 5.41) is 8.87. The molecule has 0 amide bonds. The number of ether oxygens (including phenoxy) is 6. The van der Waals surface area contributed by atoms with Crippen molar-refractivity contribution in [2.24, 2.45) is 16.2 Å². The fourth-order valence-electron chi connectivity index (χ4n) is 11.6. The maximum absolute atomic E-state index is 16.5. The van der Waals surface area contributed by atoms with E-state index in [1.807, 2.05) is 40.7 Å². The zero-order valence-corrected chi connectivity index (χ0v) is 43.8. The molecule has 9 nitrogen and oxygen atoms in total. The van der Waals surface area contributed by atoms with E-state index in [9.17, 15) is 0 Å². The van der Waals surface area contributed by atoms with Crippen molar-refractivity contribution in [2.75, 3.05) is 0 Å². The van der Waals surface area contributed by atoms with E-state index in [0.29, 0.717) is 43.2 Å². The van der Waals surface area contributed by atoms with Crippen LogP contribution in [0.4, 0.5) is 26.3 Å². The van der Waals surface area contributed by atoms with Gasteiger partial charge < -0.3 is 32.8 Å². The summed E-state index contributed by atoms with van der Waals surface area (Å²) >= 11 is 0. The van der Waals surface area contributed by atoms with Crippen LogP contribution in [0, 0.1) is 16.2 Å². The van der Waals surface area contributed by atoms with E-state index in [4.69, 9.17) is 32.8 Å². The van der Waals surface area contributed by atoms with Gasteiger partial charge in [0.2, 0.25) is 17.2 Å². The molecule has 4 fully saturated rings. The lowest BCUT2D eigenvalue weighted by molar-refractivity contribution is -0.290. The summed E-state index contributed by atoms with van der Waals surface area (Å²) in [7, 11) is 0. The number of rotatable bonds is 17. The Hall–Kier alpha value is -4.18. The minimum absolute atomic E-state index is 0.0305. The zero-order valence-electron chi connectivity index (χ0n) is 43.8. The van der Waals surface area contributed by atoms with Gasteiger partial charge in [0.05, 0.1) is 54.2 Å². The Kier molecular flexibility index (Phi) is 13.6. The Bertz CT molecular complexity index is 2550. The predicted molar refractivity (Wildman–Crippen MR) is 262 cm³/mol. The number of allylic oxidation sites excluding steroid dienone is 10. The average molecular weight is 1010 g/mol. The van der Waals surface area contributed by atoms with Gasteiger partial charge in [0.1, 0.15) is 22.9 Å². The van der Waals surface area contributed by atoms with Crippen molar-refractivity contribution >= 4 is 11.1 Å². The molecule has 0 spiro atoms. The van der Waals surface area contributed by atoms with Crippen molar-refractivity contribution in [1.82, 2.24) is 10.2 Å². The predicted octanol–water partition coefficient (Wildman–Crippen LogP) is 14.6. The van der Waals surface area contributed by atoms with Gasteiger partial charge in [0.15, 0.2) is 0 Å². The molecule has 0 radical (unpaired) electrons. The molecule has 9 rings (SSSR count). The topological polar surface area (TPSA) is 108 Å². The highest BCUT2D eigenvalue weighted by atomic mass is 19.4. The van der Waals surface area contributed by atoms with Crippen LogP contribution in [0.1, 0.15) is 170 Å². The van der Waals surface area contributed by atoms with Gasteiger partial charge in [0.25, 0.3) is 0 Å². The van der Waals surface area contributed by atoms with Crippen molar-refractivity contribution < 1.29 is 59.2 Å². The second kappa shape index (κ2) is 18.6. The number of alkyl halides is 6. The molecule has 7 aliphatic rings. The summed E-state index contributed by atoms with van der Waals surface area (Å²) < 4.78 is 142. The molecular weight excluding hydrogens is 939 g/mol. The molecular formula is C57H72F6N2O7. The summed E-state index contributed by atoms with van der Waals surface area (Å²) in [5.74, 6) is 1.08. The smallest absolute Gasteiger partial charge is 0.410 e. The van der Waals surface area contributed by atoms with Gasteiger partial charge in [-0.2, -0.15) is 26.3 Å². The van der Waals surface area contributed by atoms with E-state index >= 15 is 26.3 Å². The van der Waals surface area contributed by atoms with E-state index in [1.165, 1.54) is 17.7 Å². The van der Waals surface area contributed by atoms with Crippen molar-refractivity contribution in [1.29, 1.82) is 0 Å². The van der Waals surface area contributed by atoms with E-state index in [1.54, 1.807) is 26.0 Å². The molecule has 394 valence electrons. The van der Waals surface area contributed by atoms with Crippen LogP contribution >= 0.6 is 0 Å². The van der Waals surface area contributed by atoms with Crippen LogP contribution in [-0.2, 0) is 29.1 Å². The minimum atomic E-state index is -5.86. The molecule has 8 unspecified atom stereocenters. The summed E-state index contributed by atoms with van der Waals surface area (Å²) in [5.41, 5.74) is -5.19. The van der Waals surface area contributed by atoms with E-state index in [-0.39, 0.29) is 46.5 Å². The standard InChI is InChI=1S/C57H72F6N2O7/c1-13-52(10,11)38-19-16-36(27-51(8,9)28-38)50-65-64-49(71-50)35-17-22-40(23-18-35)70-41-24-20-39(29-54(30-41,47-33(6)68-47)48-34(7)69-48)55(56(58,59)60,57(61,62)63)37-21-25-43(72-53(12,14-2)15-3)42(26-37)44(45-31(4)66-45)46-32(5)67-46/h16-17,19,21-22,25-26,29-34,44-48H,13-15,18,20,23-24,27-28H2,1-12H3. The Labute approximate surface area is 420 Å². The highest BCUT2D eigenvalue weighted by Crippen LogP contribution is 2.63. The average Bonchev–Trinajstić information content (AvgIpc) is 4.23. The Morgan fingerprint density at radius 3 is 1.71 bits per heavy atom. The van der Waals surface area contributed by atoms with E-state index < -0.39 is 88.9 Å². The summed E-state index contributed by atoms with van der Waals surface area (Å²) in [4.78, 5) is 0. The maximum Gasteiger partial charge on any atom is 0.410 e. The van der Waals surface area contributed by atoms with Crippen LogP contribution < -0.4 is 4.74 Å². The molecule has 4 aliphatic heterocycles. The minimum Gasteiger partial charge on any atom is -0.487 e. The highest BCUT2D eigenvalue weighted by molar-refractivity contribution is 5.66. The Balaban J connectivity index is 1.07. The molecule has 2 aromatic rings. The quantitative estimate of drug-likeness (QED) is 0.0870. The van der Waals surface area contributed by atoms with Gasteiger partial charge >= 0.3 is 12.4 Å². The van der Waals surface area contributed by atoms with Crippen LogP contribution in [0.5, 0.6) is 5.75 Å². The first-order valence-electron chi connectivity index (χ1n) is 26.0. The molecule has 0 saturated carbocycles. The number of epoxide rings is 4. The van der Waals surface area contributed by atoms with E-state index in [2.05, 4.69) is 57.0 Å². The van der Waals surface area contributed by atoms with Crippen molar-refractivity contribution in [3.63, 3.8) is 0 Å². The third-order valence-electron chi connectivity index (χ3n) is 17.0. The van der Waals surface area contributed by atoms with Crippen molar-refractivity contribution in [2.45, 2.75) is 219 Å². The van der Waals surface area contributed by atoms with Crippen molar-refractivity contribution in [3.05, 3.63) is 100 Å². The van der Waals surface area contributed by atoms with Crippen LogP contribution in [0.25, 0.3) is 11.1 Å². The fourth-order valence-corrected chi connectivity index (χ4v) is 11.6. The van der Waals surface area contributed by atoms with Crippen LogP contribution in [0.3, 0.4) is 0 Å². The second-order valence-corrected chi connectivity index (χ2v) is 23.2. The number of benzene rings is 1. The van der Waals surface area contributed by atoms with E-state index in [0.717, 1.165) is 42.5 Å². The molecule has 8 atom stereocenters.